The third-order valence-electron chi connectivity index (χ3n) is 1.53. The normalized spacial score (nSPS) is 12.8. The second kappa shape index (κ2) is 4.31. The Morgan fingerprint density at radius 1 is 1.82 bits per heavy atom. The van der Waals surface area contributed by atoms with Crippen LogP contribution in [-0.2, 0) is 4.74 Å². The summed E-state index contributed by atoms with van der Waals surface area (Å²) < 4.78 is 5.27. The first-order valence-electron chi connectivity index (χ1n) is 3.55. The van der Waals surface area contributed by atoms with Gasteiger partial charge < -0.3 is 4.74 Å². The van der Waals surface area contributed by atoms with Gasteiger partial charge in [-0.3, -0.25) is 0 Å². The Morgan fingerprint density at radius 3 is 3.09 bits per heavy atom. The molecular weight excluding hydrogens is 156 g/mol. The highest BCUT2D eigenvalue weighted by Crippen LogP contribution is 2.24. The smallest absolute Gasteiger partial charge is 0.0947 e. The van der Waals surface area contributed by atoms with Crippen LogP contribution in [0.25, 0.3) is 0 Å². The van der Waals surface area contributed by atoms with E-state index in [1.807, 2.05) is 12.1 Å². The molecule has 1 unspecified atom stereocenters. The van der Waals surface area contributed by atoms with Crippen LogP contribution in [0.15, 0.2) is 30.2 Å². The van der Waals surface area contributed by atoms with Crippen LogP contribution in [0.3, 0.4) is 0 Å². The minimum absolute atomic E-state index is 0.201. The Labute approximate surface area is 71.3 Å². The minimum Gasteiger partial charge on any atom is -0.376 e. The molecule has 0 fully saturated rings. The maximum Gasteiger partial charge on any atom is 0.0947 e. The van der Waals surface area contributed by atoms with E-state index >= 15 is 0 Å². The van der Waals surface area contributed by atoms with Crippen molar-refractivity contribution in [1.29, 1.82) is 0 Å². The molecule has 0 saturated carbocycles. The monoisotopic (exact) mass is 168 g/mol. The van der Waals surface area contributed by atoms with Crippen LogP contribution in [-0.4, -0.2) is 7.11 Å². The molecule has 0 N–H and O–H groups in total. The fourth-order valence-electron chi connectivity index (χ4n) is 0.954. The van der Waals surface area contributed by atoms with Crippen LogP contribution >= 0.6 is 11.3 Å². The highest BCUT2D eigenvalue weighted by Gasteiger charge is 2.07. The molecule has 0 aliphatic heterocycles. The number of thiophene rings is 1. The lowest BCUT2D eigenvalue weighted by Gasteiger charge is -2.09. The van der Waals surface area contributed by atoms with Crippen LogP contribution in [0.4, 0.5) is 0 Å². The molecule has 2 heteroatoms. The van der Waals surface area contributed by atoms with Gasteiger partial charge in [0.25, 0.3) is 0 Å². The first-order valence-corrected chi connectivity index (χ1v) is 4.43. The van der Waals surface area contributed by atoms with E-state index in [1.165, 1.54) is 4.88 Å². The fourth-order valence-corrected chi connectivity index (χ4v) is 1.77. The second-order valence-corrected chi connectivity index (χ2v) is 3.24. The van der Waals surface area contributed by atoms with Crippen molar-refractivity contribution in [3.8, 4) is 0 Å². The lowest BCUT2D eigenvalue weighted by molar-refractivity contribution is 0.109. The Balaban J connectivity index is 2.62. The summed E-state index contributed by atoms with van der Waals surface area (Å²) in [6.45, 7) is 3.68. The van der Waals surface area contributed by atoms with Gasteiger partial charge in [-0.1, -0.05) is 12.1 Å². The van der Waals surface area contributed by atoms with Gasteiger partial charge in [0.15, 0.2) is 0 Å². The summed E-state index contributed by atoms with van der Waals surface area (Å²) in [4.78, 5) is 1.27. The molecule has 1 rings (SSSR count). The average Bonchev–Trinajstić information content (AvgIpc) is 2.52. The largest absolute Gasteiger partial charge is 0.376 e. The van der Waals surface area contributed by atoms with E-state index in [0.29, 0.717) is 0 Å². The predicted octanol–water partition coefficient (Wildman–Crippen LogP) is 3.01. The Hall–Kier alpha value is -0.600. The molecule has 1 aromatic heterocycles. The van der Waals surface area contributed by atoms with Gasteiger partial charge in [0.2, 0.25) is 0 Å². The van der Waals surface area contributed by atoms with E-state index < -0.39 is 0 Å². The standard InChI is InChI=1S/C9H12OS/c1-3-5-8(10-2)9-6-4-7-11-9/h3-4,6-8H,1,5H2,2H3. The van der Waals surface area contributed by atoms with Gasteiger partial charge >= 0.3 is 0 Å². The molecule has 0 saturated heterocycles. The van der Waals surface area contributed by atoms with Gasteiger partial charge in [-0.25, -0.2) is 0 Å². The van der Waals surface area contributed by atoms with Crippen LogP contribution in [0, 0.1) is 0 Å². The predicted molar refractivity (Wildman–Crippen MR) is 48.9 cm³/mol. The van der Waals surface area contributed by atoms with Gasteiger partial charge in [-0.2, -0.15) is 0 Å². The van der Waals surface area contributed by atoms with Crippen molar-refractivity contribution in [2.45, 2.75) is 12.5 Å². The van der Waals surface area contributed by atoms with Crippen molar-refractivity contribution in [3.05, 3.63) is 35.0 Å². The molecular formula is C9H12OS. The molecule has 1 atom stereocenters. The van der Waals surface area contributed by atoms with Crippen LogP contribution < -0.4 is 0 Å². The number of ether oxygens (including phenoxy) is 1. The SMILES string of the molecule is C=CCC(OC)c1cccs1. The van der Waals surface area contributed by atoms with Gasteiger partial charge in [0.1, 0.15) is 0 Å². The molecule has 11 heavy (non-hydrogen) atoms. The van der Waals surface area contributed by atoms with Crippen molar-refractivity contribution in [2.24, 2.45) is 0 Å². The molecule has 60 valence electrons. The van der Waals surface area contributed by atoms with Crippen molar-refractivity contribution in [2.75, 3.05) is 7.11 Å². The molecule has 1 heterocycles. The number of hydrogen-bond acceptors (Lipinski definition) is 2. The maximum absolute atomic E-state index is 5.27. The van der Waals surface area contributed by atoms with Gasteiger partial charge in [0.05, 0.1) is 6.10 Å². The van der Waals surface area contributed by atoms with Crippen LogP contribution in [0.1, 0.15) is 17.4 Å². The number of methoxy groups -OCH3 is 1. The zero-order valence-electron chi connectivity index (χ0n) is 6.62. The van der Waals surface area contributed by atoms with Gasteiger partial charge in [-0.05, 0) is 17.9 Å². The number of hydrogen-bond donors (Lipinski definition) is 0. The second-order valence-electron chi connectivity index (χ2n) is 2.26. The molecule has 0 bridgehead atoms. The molecule has 0 aliphatic carbocycles. The Kier molecular flexibility index (Phi) is 3.33. The van der Waals surface area contributed by atoms with Crippen molar-refractivity contribution in [3.63, 3.8) is 0 Å². The summed E-state index contributed by atoms with van der Waals surface area (Å²) in [6, 6.07) is 4.12. The Morgan fingerprint density at radius 2 is 2.64 bits per heavy atom. The zero-order valence-corrected chi connectivity index (χ0v) is 7.43. The van der Waals surface area contributed by atoms with E-state index in [-0.39, 0.29) is 6.10 Å². The highest BCUT2D eigenvalue weighted by molar-refractivity contribution is 7.10. The van der Waals surface area contributed by atoms with E-state index in [1.54, 1.807) is 18.4 Å². The molecule has 1 nitrogen and oxygen atoms in total. The van der Waals surface area contributed by atoms with E-state index in [4.69, 9.17) is 4.74 Å². The zero-order chi connectivity index (χ0) is 8.10. The first kappa shape index (κ1) is 8.50. The summed E-state index contributed by atoms with van der Waals surface area (Å²) in [5, 5.41) is 2.06. The van der Waals surface area contributed by atoms with E-state index in [0.717, 1.165) is 6.42 Å². The average molecular weight is 168 g/mol. The molecule has 1 aromatic rings. The minimum atomic E-state index is 0.201. The summed E-state index contributed by atoms with van der Waals surface area (Å²) in [6.07, 6.45) is 2.97. The molecule has 0 aliphatic rings. The van der Waals surface area contributed by atoms with Crippen molar-refractivity contribution >= 4 is 11.3 Å². The Bertz CT molecular complexity index is 203. The lowest BCUT2D eigenvalue weighted by atomic mass is 10.2. The van der Waals surface area contributed by atoms with Crippen molar-refractivity contribution in [1.82, 2.24) is 0 Å². The number of rotatable bonds is 4. The fraction of sp³-hybridized carbons (Fsp3) is 0.333. The lowest BCUT2D eigenvalue weighted by Crippen LogP contribution is -1.96. The highest BCUT2D eigenvalue weighted by atomic mass is 32.1. The summed E-state index contributed by atoms with van der Waals surface area (Å²) in [5.74, 6) is 0. The molecule has 0 amide bonds. The van der Waals surface area contributed by atoms with Gasteiger partial charge in [0, 0.05) is 12.0 Å². The molecule has 0 aromatic carbocycles. The van der Waals surface area contributed by atoms with Gasteiger partial charge in [-0.15, -0.1) is 17.9 Å². The topological polar surface area (TPSA) is 9.23 Å². The molecule has 0 radical (unpaired) electrons. The third-order valence-corrected chi connectivity index (χ3v) is 2.49. The van der Waals surface area contributed by atoms with Crippen LogP contribution in [0.5, 0.6) is 0 Å². The quantitative estimate of drug-likeness (QED) is 0.628. The van der Waals surface area contributed by atoms with Crippen molar-refractivity contribution < 1.29 is 4.74 Å². The first-order chi connectivity index (χ1) is 5.38. The van der Waals surface area contributed by atoms with Crippen LogP contribution in [0.2, 0.25) is 0 Å². The summed E-state index contributed by atoms with van der Waals surface area (Å²) >= 11 is 1.72. The maximum atomic E-state index is 5.27. The molecule has 0 spiro atoms. The summed E-state index contributed by atoms with van der Waals surface area (Å²) in [5.41, 5.74) is 0. The van der Waals surface area contributed by atoms with E-state index in [9.17, 15) is 0 Å². The van der Waals surface area contributed by atoms with E-state index in [2.05, 4.69) is 18.0 Å². The summed E-state index contributed by atoms with van der Waals surface area (Å²) in [7, 11) is 1.73. The third kappa shape index (κ3) is 2.17.